The lowest BCUT2D eigenvalue weighted by atomic mass is 9.93. The number of hydrogen-bond donors (Lipinski definition) is 1. The first-order valence-corrected chi connectivity index (χ1v) is 7.12. The summed E-state index contributed by atoms with van der Waals surface area (Å²) >= 11 is 0. The third kappa shape index (κ3) is 4.93. The van der Waals surface area contributed by atoms with Crippen LogP contribution in [0.25, 0.3) is 0 Å². The smallest absolute Gasteiger partial charge is 0.223 e. The second-order valence-electron chi connectivity index (χ2n) is 6.36. The fourth-order valence-electron chi connectivity index (χ4n) is 3.11. The molecule has 5 heteroatoms. The van der Waals surface area contributed by atoms with Crippen molar-refractivity contribution in [2.45, 2.75) is 51.7 Å². The molecule has 0 radical (unpaired) electrons. The molecule has 0 aromatic carbocycles. The van der Waals surface area contributed by atoms with Crippen molar-refractivity contribution in [1.29, 1.82) is 0 Å². The summed E-state index contributed by atoms with van der Waals surface area (Å²) in [6, 6.07) is 0. The first kappa shape index (κ1) is 16.7. The molecule has 1 N–H and O–H groups in total. The van der Waals surface area contributed by atoms with Crippen molar-refractivity contribution >= 4 is 18.3 Å². The van der Waals surface area contributed by atoms with Gasteiger partial charge < -0.3 is 15.0 Å². The van der Waals surface area contributed by atoms with Gasteiger partial charge in [0.15, 0.2) is 0 Å². The monoisotopic (exact) mass is 290 g/mol. The second-order valence-corrected chi connectivity index (χ2v) is 6.36. The minimum atomic E-state index is -0.207. The van der Waals surface area contributed by atoms with Crippen LogP contribution in [-0.2, 0) is 9.53 Å². The molecule has 4 nitrogen and oxygen atoms in total. The highest BCUT2D eigenvalue weighted by Gasteiger charge is 2.34. The molecule has 2 aliphatic heterocycles. The SMILES string of the molecule is CC1CN(C(=O)CC2CCNCC2)CC(C)(C)O1.Cl. The number of nitrogens with zero attached hydrogens (tertiary/aromatic N) is 1. The van der Waals surface area contributed by atoms with Crippen LogP contribution >= 0.6 is 12.4 Å². The Labute approximate surface area is 122 Å². The van der Waals surface area contributed by atoms with Crippen molar-refractivity contribution in [2.75, 3.05) is 26.2 Å². The van der Waals surface area contributed by atoms with Gasteiger partial charge in [-0.25, -0.2) is 0 Å². The number of rotatable bonds is 2. The standard InChI is InChI=1S/C14H26N2O2.ClH/c1-11-9-16(10-14(2,3)18-11)13(17)8-12-4-6-15-7-5-12;/h11-12,15H,4-10H2,1-3H3;1H. The van der Waals surface area contributed by atoms with Gasteiger partial charge >= 0.3 is 0 Å². The van der Waals surface area contributed by atoms with E-state index in [9.17, 15) is 4.79 Å². The Balaban J connectivity index is 0.00000180. The molecule has 2 rings (SSSR count). The molecule has 0 aromatic heterocycles. The Hall–Kier alpha value is -0.320. The number of piperidine rings is 1. The molecule has 0 aliphatic carbocycles. The summed E-state index contributed by atoms with van der Waals surface area (Å²) in [6.07, 6.45) is 3.12. The van der Waals surface area contributed by atoms with Crippen LogP contribution in [0.3, 0.4) is 0 Å². The molecule has 1 amide bonds. The number of carbonyl (C=O) groups is 1. The summed E-state index contributed by atoms with van der Waals surface area (Å²) in [5.41, 5.74) is -0.207. The quantitative estimate of drug-likeness (QED) is 0.843. The van der Waals surface area contributed by atoms with Crippen LogP contribution in [0.1, 0.15) is 40.0 Å². The van der Waals surface area contributed by atoms with Crippen LogP contribution in [0.4, 0.5) is 0 Å². The van der Waals surface area contributed by atoms with Crippen molar-refractivity contribution in [3.05, 3.63) is 0 Å². The summed E-state index contributed by atoms with van der Waals surface area (Å²) in [4.78, 5) is 14.3. The van der Waals surface area contributed by atoms with Gasteiger partial charge in [0.05, 0.1) is 11.7 Å². The predicted molar refractivity (Wildman–Crippen MR) is 78.7 cm³/mol. The first-order chi connectivity index (χ1) is 8.46. The van der Waals surface area contributed by atoms with Crippen LogP contribution in [0.5, 0.6) is 0 Å². The first-order valence-electron chi connectivity index (χ1n) is 7.12. The number of nitrogens with one attached hydrogen (secondary N) is 1. The molecule has 1 atom stereocenters. The molecule has 2 saturated heterocycles. The highest BCUT2D eigenvalue weighted by atomic mass is 35.5. The van der Waals surface area contributed by atoms with Crippen molar-refractivity contribution in [3.8, 4) is 0 Å². The molecule has 0 spiro atoms. The molecule has 2 heterocycles. The van der Waals surface area contributed by atoms with Gasteiger partial charge in [-0.1, -0.05) is 0 Å². The molecule has 2 aliphatic rings. The fourth-order valence-corrected chi connectivity index (χ4v) is 3.11. The van der Waals surface area contributed by atoms with Crippen LogP contribution < -0.4 is 5.32 Å². The fraction of sp³-hybridized carbons (Fsp3) is 0.929. The second kappa shape index (κ2) is 6.91. The van der Waals surface area contributed by atoms with Crippen LogP contribution in [-0.4, -0.2) is 48.7 Å². The van der Waals surface area contributed by atoms with Gasteiger partial charge in [-0.3, -0.25) is 4.79 Å². The molecule has 0 aromatic rings. The van der Waals surface area contributed by atoms with E-state index in [1.165, 1.54) is 0 Å². The zero-order chi connectivity index (χ0) is 13.2. The van der Waals surface area contributed by atoms with E-state index < -0.39 is 0 Å². The maximum atomic E-state index is 12.3. The Morgan fingerprint density at radius 1 is 1.37 bits per heavy atom. The van der Waals surface area contributed by atoms with E-state index in [1.54, 1.807) is 0 Å². The predicted octanol–water partition coefficient (Wildman–Crippen LogP) is 1.82. The van der Waals surface area contributed by atoms with Crippen molar-refractivity contribution in [3.63, 3.8) is 0 Å². The number of morpholine rings is 1. The summed E-state index contributed by atoms with van der Waals surface area (Å²) in [5.74, 6) is 0.880. The molecular formula is C14H27ClN2O2. The third-order valence-corrected chi connectivity index (χ3v) is 3.84. The van der Waals surface area contributed by atoms with Crippen LogP contribution in [0.15, 0.2) is 0 Å². The number of hydrogen-bond acceptors (Lipinski definition) is 3. The van der Waals surface area contributed by atoms with E-state index in [0.29, 0.717) is 18.2 Å². The minimum Gasteiger partial charge on any atom is -0.369 e. The van der Waals surface area contributed by atoms with Gasteiger partial charge in [0.1, 0.15) is 0 Å². The van der Waals surface area contributed by atoms with Gasteiger partial charge in [-0.15, -0.1) is 12.4 Å². The molecule has 2 fully saturated rings. The van der Waals surface area contributed by atoms with E-state index in [1.807, 2.05) is 11.8 Å². The lowest BCUT2D eigenvalue weighted by Crippen LogP contribution is -2.54. The van der Waals surface area contributed by atoms with E-state index in [4.69, 9.17) is 4.74 Å². The average molecular weight is 291 g/mol. The number of carbonyl (C=O) groups excluding carboxylic acids is 1. The Morgan fingerprint density at radius 2 is 2.00 bits per heavy atom. The molecule has 0 bridgehead atoms. The van der Waals surface area contributed by atoms with Gasteiger partial charge in [0.25, 0.3) is 0 Å². The van der Waals surface area contributed by atoms with E-state index in [0.717, 1.165) is 39.0 Å². The molecule has 19 heavy (non-hydrogen) atoms. The lowest BCUT2D eigenvalue weighted by Gasteiger charge is -2.42. The van der Waals surface area contributed by atoms with E-state index in [2.05, 4.69) is 19.2 Å². The zero-order valence-electron chi connectivity index (χ0n) is 12.3. The van der Waals surface area contributed by atoms with Gasteiger partial charge in [-0.2, -0.15) is 0 Å². The number of ether oxygens (including phenoxy) is 1. The van der Waals surface area contributed by atoms with Crippen molar-refractivity contribution < 1.29 is 9.53 Å². The molecular weight excluding hydrogens is 264 g/mol. The van der Waals surface area contributed by atoms with Gasteiger partial charge in [0, 0.05) is 19.5 Å². The summed E-state index contributed by atoms with van der Waals surface area (Å²) < 4.78 is 5.84. The van der Waals surface area contributed by atoms with Gasteiger partial charge in [-0.05, 0) is 52.6 Å². The lowest BCUT2D eigenvalue weighted by molar-refractivity contribution is -0.159. The molecule has 0 saturated carbocycles. The van der Waals surface area contributed by atoms with Crippen LogP contribution in [0, 0.1) is 5.92 Å². The zero-order valence-corrected chi connectivity index (χ0v) is 13.1. The summed E-state index contributed by atoms with van der Waals surface area (Å²) in [5, 5.41) is 3.34. The van der Waals surface area contributed by atoms with Crippen molar-refractivity contribution in [2.24, 2.45) is 5.92 Å². The molecule has 1 unspecified atom stereocenters. The minimum absolute atomic E-state index is 0. The Bertz CT molecular complexity index is 304. The maximum Gasteiger partial charge on any atom is 0.223 e. The number of amides is 1. The average Bonchev–Trinajstić information content (AvgIpc) is 2.27. The third-order valence-electron chi connectivity index (χ3n) is 3.84. The summed E-state index contributed by atoms with van der Waals surface area (Å²) in [6.45, 7) is 9.76. The Kier molecular flexibility index (Phi) is 6.09. The van der Waals surface area contributed by atoms with Crippen molar-refractivity contribution in [1.82, 2.24) is 10.2 Å². The largest absolute Gasteiger partial charge is 0.369 e. The highest BCUT2D eigenvalue weighted by Crippen LogP contribution is 2.23. The normalized spacial score (nSPS) is 27.7. The summed E-state index contributed by atoms with van der Waals surface area (Å²) in [7, 11) is 0. The van der Waals surface area contributed by atoms with Gasteiger partial charge in [0.2, 0.25) is 5.91 Å². The van der Waals surface area contributed by atoms with Crippen LogP contribution in [0.2, 0.25) is 0 Å². The topological polar surface area (TPSA) is 41.6 Å². The van der Waals surface area contributed by atoms with E-state index >= 15 is 0 Å². The van der Waals surface area contributed by atoms with E-state index in [-0.39, 0.29) is 24.1 Å². The Morgan fingerprint density at radius 3 is 2.58 bits per heavy atom. The molecule has 112 valence electrons. The number of halogens is 1. The maximum absolute atomic E-state index is 12.3. The highest BCUT2D eigenvalue weighted by molar-refractivity contribution is 5.85.